The quantitative estimate of drug-likeness (QED) is 0.438. The maximum absolute atomic E-state index is 12.8. The van der Waals surface area contributed by atoms with E-state index >= 15 is 0 Å². The highest BCUT2D eigenvalue weighted by Crippen LogP contribution is 2.25. The molecular weight excluding hydrogens is 374 g/mol. The highest BCUT2D eigenvalue weighted by molar-refractivity contribution is 7.87. The first kappa shape index (κ1) is 20.0. The molecule has 0 bridgehead atoms. The molecule has 1 fully saturated rings. The fraction of sp³-hybridized carbons (Fsp3) is 0.318. The molecule has 146 valence electrons. The van der Waals surface area contributed by atoms with Gasteiger partial charge in [-0.05, 0) is 51.0 Å². The Balaban J connectivity index is 1.72. The van der Waals surface area contributed by atoms with E-state index in [2.05, 4.69) is 12.0 Å². The molecular formula is C22H23NO4S. The Kier molecular flexibility index (Phi) is 6.05. The van der Waals surface area contributed by atoms with Crippen molar-refractivity contribution in [3.63, 3.8) is 0 Å². The number of carbonyl (C=O) groups is 1. The SMILES string of the molecule is CC#CN1CCC(C(=O)c2cccc(OS(=O)(=O)c3ccc(C)cc3)c2)CC1. The van der Waals surface area contributed by atoms with Gasteiger partial charge in [0, 0.05) is 30.6 Å². The number of ketones is 1. The van der Waals surface area contributed by atoms with Gasteiger partial charge in [0.1, 0.15) is 10.6 Å². The second-order valence-electron chi connectivity index (χ2n) is 6.87. The summed E-state index contributed by atoms with van der Waals surface area (Å²) < 4.78 is 30.2. The molecule has 0 N–H and O–H groups in total. The summed E-state index contributed by atoms with van der Waals surface area (Å²) >= 11 is 0. The number of rotatable bonds is 5. The van der Waals surface area contributed by atoms with Crippen molar-refractivity contribution in [1.29, 1.82) is 0 Å². The molecule has 0 unspecified atom stereocenters. The zero-order valence-electron chi connectivity index (χ0n) is 16.0. The maximum Gasteiger partial charge on any atom is 0.339 e. The molecule has 3 rings (SSSR count). The molecule has 6 heteroatoms. The summed E-state index contributed by atoms with van der Waals surface area (Å²) in [5.74, 6) is 2.95. The Morgan fingerprint density at radius 2 is 1.79 bits per heavy atom. The summed E-state index contributed by atoms with van der Waals surface area (Å²) in [4.78, 5) is 14.9. The number of hydrogen-bond acceptors (Lipinski definition) is 5. The van der Waals surface area contributed by atoms with Crippen LogP contribution in [0.15, 0.2) is 53.4 Å². The molecule has 1 aliphatic heterocycles. The standard InChI is InChI=1S/C22H23NO4S/c1-3-13-23-14-11-18(12-15-23)22(24)19-5-4-6-20(16-19)27-28(25,26)21-9-7-17(2)8-10-21/h4-10,16,18H,11-12,14-15H2,1-2H3. The van der Waals surface area contributed by atoms with Crippen LogP contribution in [0.4, 0.5) is 0 Å². The van der Waals surface area contributed by atoms with Crippen LogP contribution in [0, 0.1) is 24.8 Å². The molecule has 1 heterocycles. The van der Waals surface area contributed by atoms with Crippen LogP contribution < -0.4 is 4.18 Å². The van der Waals surface area contributed by atoms with E-state index in [4.69, 9.17) is 4.18 Å². The Hall–Kier alpha value is -2.78. The zero-order chi connectivity index (χ0) is 20.1. The van der Waals surface area contributed by atoms with Gasteiger partial charge in [-0.1, -0.05) is 35.7 Å². The number of Topliss-reactive ketones (excluding diaryl/α,β-unsaturated/α-hetero) is 1. The monoisotopic (exact) mass is 397 g/mol. The molecule has 1 aliphatic rings. The lowest BCUT2D eigenvalue weighted by atomic mass is 9.89. The third kappa shape index (κ3) is 4.73. The van der Waals surface area contributed by atoms with Gasteiger partial charge in [-0.15, -0.1) is 0 Å². The number of piperidine rings is 1. The number of aryl methyl sites for hydroxylation is 1. The van der Waals surface area contributed by atoms with Gasteiger partial charge < -0.3 is 9.08 Å². The molecule has 0 radical (unpaired) electrons. The number of likely N-dealkylation sites (tertiary alicyclic amines) is 1. The highest BCUT2D eigenvalue weighted by Gasteiger charge is 2.25. The molecule has 0 amide bonds. The molecule has 0 saturated carbocycles. The van der Waals surface area contributed by atoms with Crippen molar-refractivity contribution in [3.8, 4) is 17.7 Å². The Bertz CT molecular complexity index is 1010. The van der Waals surface area contributed by atoms with Crippen LogP contribution in [-0.2, 0) is 10.1 Å². The number of nitrogens with zero attached hydrogens (tertiary/aromatic N) is 1. The van der Waals surface area contributed by atoms with Gasteiger partial charge in [0.25, 0.3) is 0 Å². The van der Waals surface area contributed by atoms with Gasteiger partial charge in [0.2, 0.25) is 0 Å². The van der Waals surface area contributed by atoms with Crippen LogP contribution in [0.25, 0.3) is 0 Å². The predicted octanol–water partition coefficient (Wildman–Crippen LogP) is 3.64. The van der Waals surface area contributed by atoms with Gasteiger partial charge in [0.15, 0.2) is 5.78 Å². The van der Waals surface area contributed by atoms with Crippen molar-refractivity contribution < 1.29 is 17.4 Å². The van der Waals surface area contributed by atoms with E-state index in [1.165, 1.54) is 18.2 Å². The zero-order valence-corrected chi connectivity index (χ0v) is 16.8. The van der Waals surface area contributed by atoms with Gasteiger partial charge in [0.05, 0.1) is 0 Å². The fourth-order valence-electron chi connectivity index (χ4n) is 3.23. The first-order chi connectivity index (χ1) is 13.4. The topological polar surface area (TPSA) is 63.7 Å². The highest BCUT2D eigenvalue weighted by atomic mass is 32.2. The van der Waals surface area contributed by atoms with Crippen molar-refractivity contribution >= 4 is 15.9 Å². The Labute approximate surface area is 166 Å². The minimum Gasteiger partial charge on any atom is -0.379 e. The molecule has 0 aliphatic carbocycles. The van der Waals surface area contributed by atoms with Crippen molar-refractivity contribution in [3.05, 3.63) is 59.7 Å². The van der Waals surface area contributed by atoms with E-state index in [1.807, 2.05) is 11.8 Å². The number of carbonyl (C=O) groups excluding carboxylic acids is 1. The first-order valence-corrected chi connectivity index (χ1v) is 10.6. The van der Waals surface area contributed by atoms with Crippen LogP contribution in [0.5, 0.6) is 5.75 Å². The van der Waals surface area contributed by atoms with E-state index in [0.29, 0.717) is 5.56 Å². The summed E-state index contributed by atoms with van der Waals surface area (Å²) in [6, 6.07) is 15.9. The van der Waals surface area contributed by atoms with Crippen LogP contribution in [0.3, 0.4) is 0 Å². The third-order valence-electron chi connectivity index (χ3n) is 4.77. The third-order valence-corrected chi connectivity index (χ3v) is 6.03. The molecule has 28 heavy (non-hydrogen) atoms. The number of hydrogen-bond donors (Lipinski definition) is 0. The van der Waals surface area contributed by atoms with Crippen LogP contribution in [-0.4, -0.2) is 32.2 Å². The van der Waals surface area contributed by atoms with E-state index < -0.39 is 10.1 Å². The van der Waals surface area contributed by atoms with Gasteiger partial charge in [-0.25, -0.2) is 0 Å². The van der Waals surface area contributed by atoms with E-state index in [1.54, 1.807) is 37.3 Å². The van der Waals surface area contributed by atoms with Gasteiger partial charge in [-0.3, -0.25) is 4.79 Å². The lowest BCUT2D eigenvalue weighted by Gasteiger charge is -2.28. The lowest BCUT2D eigenvalue weighted by Crippen LogP contribution is -2.33. The summed E-state index contributed by atoms with van der Waals surface area (Å²) in [5.41, 5.74) is 1.43. The first-order valence-electron chi connectivity index (χ1n) is 9.22. The lowest BCUT2D eigenvalue weighted by molar-refractivity contribution is 0.0869. The van der Waals surface area contributed by atoms with Crippen molar-refractivity contribution in [2.45, 2.75) is 31.6 Å². The van der Waals surface area contributed by atoms with E-state index in [0.717, 1.165) is 31.5 Å². The van der Waals surface area contributed by atoms with Gasteiger partial charge in [-0.2, -0.15) is 8.42 Å². The van der Waals surface area contributed by atoms with Gasteiger partial charge >= 0.3 is 10.1 Å². The molecule has 0 spiro atoms. The largest absolute Gasteiger partial charge is 0.379 e. The Morgan fingerprint density at radius 3 is 2.43 bits per heavy atom. The predicted molar refractivity (Wildman–Crippen MR) is 108 cm³/mol. The second kappa shape index (κ2) is 8.49. The van der Waals surface area contributed by atoms with E-state index in [9.17, 15) is 13.2 Å². The molecule has 2 aromatic rings. The molecule has 0 aromatic heterocycles. The normalized spacial score (nSPS) is 14.9. The second-order valence-corrected chi connectivity index (χ2v) is 8.41. The van der Waals surface area contributed by atoms with Crippen LogP contribution in [0.2, 0.25) is 0 Å². The summed E-state index contributed by atoms with van der Waals surface area (Å²) in [6.07, 6.45) is 1.47. The van der Waals surface area contributed by atoms with Crippen molar-refractivity contribution in [2.24, 2.45) is 5.92 Å². The smallest absolute Gasteiger partial charge is 0.339 e. The molecule has 5 nitrogen and oxygen atoms in total. The van der Waals surface area contributed by atoms with E-state index in [-0.39, 0.29) is 22.3 Å². The van der Waals surface area contributed by atoms with Crippen LogP contribution >= 0.6 is 0 Å². The van der Waals surface area contributed by atoms with Crippen molar-refractivity contribution in [1.82, 2.24) is 4.90 Å². The fourth-order valence-corrected chi connectivity index (χ4v) is 4.15. The summed E-state index contributed by atoms with van der Waals surface area (Å²) in [6.45, 7) is 5.20. The minimum absolute atomic E-state index is 0.0160. The molecule has 2 aromatic carbocycles. The number of benzene rings is 2. The molecule has 1 saturated heterocycles. The van der Waals surface area contributed by atoms with Crippen LogP contribution in [0.1, 0.15) is 35.7 Å². The average Bonchev–Trinajstić information content (AvgIpc) is 2.68. The minimum atomic E-state index is -3.94. The van der Waals surface area contributed by atoms with Crippen molar-refractivity contribution in [2.75, 3.05) is 13.1 Å². The average molecular weight is 397 g/mol. The summed E-state index contributed by atoms with van der Waals surface area (Å²) in [5, 5.41) is 0. The molecule has 0 atom stereocenters. The Morgan fingerprint density at radius 1 is 1.11 bits per heavy atom. The maximum atomic E-state index is 12.8. The summed E-state index contributed by atoms with van der Waals surface area (Å²) in [7, 11) is -3.94.